The van der Waals surface area contributed by atoms with Gasteiger partial charge in [-0.25, -0.2) is 4.39 Å². The Hall–Kier alpha value is -1.34. The number of ketones is 2. The van der Waals surface area contributed by atoms with Crippen LogP contribution in [0.15, 0.2) is 0 Å². The molecule has 7 heteroatoms. The molecule has 0 bridgehead atoms. The smallest absolute Gasteiger partial charge is 0.306 e. The normalized spacial score (nSPS) is 50.2. The molecular formula is C25H37FO6. The lowest BCUT2D eigenvalue weighted by Crippen LogP contribution is -2.71. The molecule has 0 aromatic heterocycles. The van der Waals surface area contributed by atoms with Crippen LogP contribution in [-0.2, 0) is 19.1 Å². The summed E-state index contributed by atoms with van der Waals surface area (Å²) in [5.41, 5.74) is -5.24. The van der Waals surface area contributed by atoms with E-state index in [2.05, 4.69) is 0 Å². The first-order valence-corrected chi connectivity index (χ1v) is 12.2. The van der Waals surface area contributed by atoms with Gasteiger partial charge in [0.1, 0.15) is 18.1 Å². The van der Waals surface area contributed by atoms with Crippen LogP contribution in [0.4, 0.5) is 4.39 Å². The van der Waals surface area contributed by atoms with E-state index >= 15 is 4.39 Å². The third-order valence-corrected chi connectivity index (χ3v) is 10.2. The van der Waals surface area contributed by atoms with Crippen molar-refractivity contribution in [2.45, 2.75) is 96.4 Å². The van der Waals surface area contributed by atoms with E-state index in [1.807, 2.05) is 20.8 Å². The number of hydrogen-bond donors (Lipinski definition) is 2. The molecule has 4 rings (SSSR count). The summed E-state index contributed by atoms with van der Waals surface area (Å²) in [6.45, 7) is 6.43. The molecule has 0 aliphatic heterocycles. The number of carbonyl (C=O) groups excluding carboxylic acids is 3. The van der Waals surface area contributed by atoms with Crippen LogP contribution in [0.2, 0.25) is 0 Å². The van der Waals surface area contributed by atoms with Crippen LogP contribution in [0.5, 0.6) is 0 Å². The van der Waals surface area contributed by atoms with Crippen molar-refractivity contribution in [1.82, 2.24) is 0 Å². The van der Waals surface area contributed by atoms with Gasteiger partial charge in [0.2, 0.25) is 5.78 Å². The van der Waals surface area contributed by atoms with Crippen molar-refractivity contribution in [2.24, 2.45) is 34.5 Å². The van der Waals surface area contributed by atoms with E-state index in [1.54, 1.807) is 6.92 Å². The zero-order chi connectivity index (χ0) is 23.7. The highest BCUT2D eigenvalue weighted by molar-refractivity contribution is 5.92. The molecule has 0 aromatic rings. The van der Waals surface area contributed by atoms with Gasteiger partial charge in [0.25, 0.3) is 0 Å². The average Bonchev–Trinajstić information content (AvgIpc) is 2.96. The SMILES string of the molecule is CCC(=O)O[C@]1(C(=O)CO)[C@@H](C)C[C@H]2[C@@H]3CC[C@H]4CC(=O)CC[C@]4(C)[C@@]3(F)[C@@H](O)C[C@@]21C. The van der Waals surface area contributed by atoms with Crippen LogP contribution in [0, 0.1) is 34.5 Å². The highest BCUT2D eigenvalue weighted by atomic mass is 19.1. The lowest BCUT2D eigenvalue weighted by Gasteiger charge is -2.65. The Bertz CT molecular complexity index is 829. The molecule has 32 heavy (non-hydrogen) atoms. The van der Waals surface area contributed by atoms with Crippen LogP contribution in [0.25, 0.3) is 0 Å². The third kappa shape index (κ3) is 2.73. The summed E-state index contributed by atoms with van der Waals surface area (Å²) in [6, 6.07) is 0. The van der Waals surface area contributed by atoms with E-state index in [-0.39, 0.29) is 30.5 Å². The second-order valence-electron chi connectivity index (χ2n) is 11.3. The molecular weight excluding hydrogens is 415 g/mol. The molecule has 4 fully saturated rings. The van der Waals surface area contributed by atoms with Crippen molar-refractivity contribution < 1.29 is 33.7 Å². The first-order valence-electron chi connectivity index (χ1n) is 12.2. The monoisotopic (exact) mass is 452 g/mol. The molecule has 4 aliphatic rings. The molecule has 4 saturated carbocycles. The van der Waals surface area contributed by atoms with Crippen LogP contribution in [-0.4, -0.2) is 51.7 Å². The fourth-order valence-electron chi connectivity index (χ4n) is 8.61. The van der Waals surface area contributed by atoms with Gasteiger partial charge < -0.3 is 14.9 Å². The number of Topliss-reactive ketones (excluding diaryl/α,β-unsaturated/α-hetero) is 2. The zero-order valence-electron chi connectivity index (χ0n) is 19.7. The molecule has 0 heterocycles. The van der Waals surface area contributed by atoms with E-state index in [4.69, 9.17) is 4.74 Å². The minimum Gasteiger partial charge on any atom is -0.450 e. The van der Waals surface area contributed by atoms with Gasteiger partial charge in [0, 0.05) is 36.0 Å². The molecule has 0 amide bonds. The second kappa shape index (κ2) is 7.59. The van der Waals surface area contributed by atoms with Crippen molar-refractivity contribution in [3.05, 3.63) is 0 Å². The number of halogens is 1. The zero-order valence-corrected chi connectivity index (χ0v) is 19.7. The fourth-order valence-corrected chi connectivity index (χ4v) is 8.61. The number of hydrogen-bond acceptors (Lipinski definition) is 6. The summed E-state index contributed by atoms with van der Waals surface area (Å²) >= 11 is 0. The lowest BCUT2D eigenvalue weighted by molar-refractivity contribution is -0.257. The number of aliphatic hydroxyl groups excluding tert-OH is 2. The molecule has 180 valence electrons. The summed E-state index contributed by atoms with van der Waals surface area (Å²) in [4.78, 5) is 37.7. The summed E-state index contributed by atoms with van der Waals surface area (Å²) in [7, 11) is 0. The van der Waals surface area contributed by atoms with E-state index in [0.29, 0.717) is 38.5 Å². The van der Waals surface area contributed by atoms with Crippen LogP contribution in [0.1, 0.15) is 79.1 Å². The number of aliphatic hydroxyl groups is 2. The van der Waals surface area contributed by atoms with Crippen molar-refractivity contribution in [1.29, 1.82) is 0 Å². The predicted octanol–water partition coefficient (Wildman–Crippen LogP) is 3.16. The first kappa shape index (κ1) is 23.8. The molecule has 4 aliphatic carbocycles. The highest BCUT2D eigenvalue weighted by Crippen LogP contribution is 2.72. The maximum atomic E-state index is 17.3. The van der Waals surface area contributed by atoms with Gasteiger partial charge in [0.05, 0.1) is 6.10 Å². The van der Waals surface area contributed by atoms with E-state index < -0.39 is 58.4 Å². The Morgan fingerprint density at radius 2 is 1.88 bits per heavy atom. The number of carbonyl (C=O) groups is 3. The Labute approximate surface area is 189 Å². The third-order valence-electron chi connectivity index (χ3n) is 10.2. The second-order valence-corrected chi connectivity index (χ2v) is 11.3. The topological polar surface area (TPSA) is 101 Å². The van der Waals surface area contributed by atoms with Crippen LogP contribution >= 0.6 is 0 Å². The Kier molecular flexibility index (Phi) is 5.65. The lowest BCUT2D eigenvalue weighted by atomic mass is 9.42. The fraction of sp³-hybridized carbons (Fsp3) is 0.880. The van der Waals surface area contributed by atoms with E-state index in [1.165, 1.54) is 0 Å². The molecule has 6 nitrogen and oxygen atoms in total. The summed E-state index contributed by atoms with van der Waals surface area (Å²) in [6.07, 6.45) is 1.56. The molecule has 9 atom stereocenters. The molecule has 0 spiro atoms. The minimum absolute atomic E-state index is 0.0198. The molecule has 0 radical (unpaired) electrons. The first-order chi connectivity index (χ1) is 14.9. The predicted molar refractivity (Wildman–Crippen MR) is 114 cm³/mol. The summed E-state index contributed by atoms with van der Waals surface area (Å²) < 4.78 is 23.1. The summed E-state index contributed by atoms with van der Waals surface area (Å²) in [5.74, 6) is -2.21. The Morgan fingerprint density at radius 3 is 2.50 bits per heavy atom. The van der Waals surface area contributed by atoms with Crippen molar-refractivity contribution in [3.8, 4) is 0 Å². The van der Waals surface area contributed by atoms with Crippen molar-refractivity contribution in [3.63, 3.8) is 0 Å². The Balaban J connectivity index is 1.81. The maximum Gasteiger partial charge on any atom is 0.306 e. The van der Waals surface area contributed by atoms with Gasteiger partial charge in [-0.3, -0.25) is 14.4 Å². The molecule has 0 saturated heterocycles. The summed E-state index contributed by atoms with van der Waals surface area (Å²) in [5, 5.41) is 21.3. The van der Waals surface area contributed by atoms with Gasteiger partial charge in [0.15, 0.2) is 5.60 Å². The highest BCUT2D eigenvalue weighted by Gasteiger charge is 2.77. The van der Waals surface area contributed by atoms with Gasteiger partial charge >= 0.3 is 5.97 Å². The quantitative estimate of drug-likeness (QED) is 0.636. The Morgan fingerprint density at radius 1 is 1.19 bits per heavy atom. The minimum atomic E-state index is -1.87. The molecule has 0 unspecified atom stereocenters. The molecule has 2 N–H and O–H groups in total. The van der Waals surface area contributed by atoms with Crippen LogP contribution in [0.3, 0.4) is 0 Å². The van der Waals surface area contributed by atoms with Crippen LogP contribution < -0.4 is 0 Å². The number of esters is 1. The average molecular weight is 453 g/mol. The van der Waals surface area contributed by atoms with Gasteiger partial charge in [-0.1, -0.05) is 27.7 Å². The standard InChI is InChI=1S/C25H37FO6/c1-5-21(31)32-25(20(30)13-27)14(2)10-18-17-7-6-15-11-16(28)8-9-22(15,3)24(17,26)19(29)12-23(18,25)4/h14-15,17-19,27,29H,5-13H2,1-4H3/t14-,15-,17-,18-,19-,22-,23-,24-,25-/m0/s1. The maximum absolute atomic E-state index is 17.3. The van der Waals surface area contributed by atoms with Gasteiger partial charge in [-0.15, -0.1) is 0 Å². The van der Waals surface area contributed by atoms with Gasteiger partial charge in [-0.05, 0) is 49.9 Å². The largest absolute Gasteiger partial charge is 0.450 e. The van der Waals surface area contributed by atoms with Crippen molar-refractivity contribution in [2.75, 3.05) is 6.61 Å². The number of rotatable bonds is 4. The number of fused-ring (bicyclic) bond motifs is 5. The van der Waals surface area contributed by atoms with Gasteiger partial charge in [-0.2, -0.15) is 0 Å². The molecule has 0 aromatic carbocycles. The van der Waals surface area contributed by atoms with E-state index in [9.17, 15) is 24.6 Å². The van der Waals surface area contributed by atoms with E-state index in [0.717, 1.165) is 0 Å². The number of ether oxygens (including phenoxy) is 1. The van der Waals surface area contributed by atoms with Crippen molar-refractivity contribution >= 4 is 17.5 Å². The number of alkyl halides is 1.